The highest BCUT2D eigenvalue weighted by atomic mass is 35.5. The number of H-pyrrole nitrogens is 1. The van der Waals surface area contributed by atoms with E-state index in [-0.39, 0.29) is 11.9 Å². The van der Waals surface area contributed by atoms with Gasteiger partial charge in [-0.3, -0.25) is 9.67 Å². The summed E-state index contributed by atoms with van der Waals surface area (Å²) in [6.07, 6.45) is 3.44. The Hall–Kier alpha value is -3.45. The second-order valence-electron chi connectivity index (χ2n) is 6.37. The molecule has 0 fully saturated rings. The van der Waals surface area contributed by atoms with E-state index < -0.39 is 6.04 Å². The quantitative estimate of drug-likeness (QED) is 0.425. The first kappa shape index (κ1) is 15.8. The van der Waals surface area contributed by atoms with Crippen LogP contribution >= 0.6 is 11.6 Å². The van der Waals surface area contributed by atoms with Crippen LogP contribution in [0.15, 0.2) is 54.9 Å². The Morgan fingerprint density at radius 2 is 1.96 bits per heavy atom. The van der Waals surface area contributed by atoms with Gasteiger partial charge in [-0.2, -0.15) is 5.10 Å². The highest BCUT2D eigenvalue weighted by Gasteiger charge is 2.31. The van der Waals surface area contributed by atoms with Crippen LogP contribution in [-0.2, 0) is 0 Å². The molecular formula is C19H14ClN5O2. The summed E-state index contributed by atoms with van der Waals surface area (Å²) in [5.41, 5.74) is 3.66. The van der Waals surface area contributed by atoms with Gasteiger partial charge in [0.15, 0.2) is 0 Å². The van der Waals surface area contributed by atoms with Gasteiger partial charge in [0.05, 0.1) is 29.0 Å². The molecule has 7 nitrogen and oxygen atoms in total. The number of rotatable bonds is 2. The Morgan fingerprint density at radius 1 is 1.15 bits per heavy atom. The number of amides is 2. The molecular weight excluding hydrogens is 366 g/mol. The van der Waals surface area contributed by atoms with E-state index in [9.17, 15) is 9.90 Å². The molecule has 2 amide bonds. The van der Waals surface area contributed by atoms with Crippen LogP contribution in [-0.4, -0.2) is 25.9 Å². The zero-order valence-corrected chi connectivity index (χ0v) is 14.7. The van der Waals surface area contributed by atoms with Crippen LogP contribution in [0.5, 0.6) is 5.88 Å². The fourth-order valence-electron chi connectivity index (χ4n) is 3.44. The van der Waals surface area contributed by atoms with Crippen LogP contribution < -0.4 is 10.6 Å². The van der Waals surface area contributed by atoms with Gasteiger partial charge < -0.3 is 15.7 Å². The lowest BCUT2D eigenvalue weighted by Gasteiger charge is -2.25. The van der Waals surface area contributed by atoms with Crippen molar-refractivity contribution in [3.05, 3.63) is 71.0 Å². The zero-order valence-electron chi connectivity index (χ0n) is 13.9. The molecule has 0 saturated carbocycles. The molecule has 0 aliphatic carbocycles. The number of aromatic amines is 1. The lowest BCUT2D eigenvalue weighted by molar-refractivity contribution is 0.249. The SMILES string of the molecule is O=C1Nc2cn(-c3ccc4[nH]ncc4c3)c(O)c2C(c2ccc(Cl)cc2)N1. The predicted molar refractivity (Wildman–Crippen MR) is 103 cm³/mol. The lowest BCUT2D eigenvalue weighted by atomic mass is 9.98. The minimum Gasteiger partial charge on any atom is -0.494 e. The van der Waals surface area contributed by atoms with E-state index in [1.165, 1.54) is 0 Å². The Balaban J connectivity index is 1.65. The molecule has 4 aromatic rings. The molecule has 2 aromatic carbocycles. The minimum absolute atomic E-state index is 0.0558. The number of hydrogen-bond acceptors (Lipinski definition) is 3. The topological polar surface area (TPSA) is 95.0 Å². The van der Waals surface area contributed by atoms with Crippen molar-refractivity contribution >= 4 is 34.2 Å². The summed E-state index contributed by atoms with van der Waals surface area (Å²) in [5, 5.41) is 25.0. The maximum atomic E-state index is 12.1. The largest absolute Gasteiger partial charge is 0.494 e. The highest BCUT2D eigenvalue weighted by Crippen LogP contribution is 2.41. The van der Waals surface area contributed by atoms with Gasteiger partial charge in [-0.15, -0.1) is 0 Å². The number of hydrogen-bond donors (Lipinski definition) is 4. The van der Waals surface area contributed by atoms with Gasteiger partial charge >= 0.3 is 6.03 Å². The summed E-state index contributed by atoms with van der Waals surface area (Å²) in [7, 11) is 0. The van der Waals surface area contributed by atoms with E-state index in [0.29, 0.717) is 16.3 Å². The first-order chi connectivity index (χ1) is 13.1. The predicted octanol–water partition coefficient (Wildman–Crippen LogP) is 3.94. The van der Waals surface area contributed by atoms with Crippen molar-refractivity contribution in [3.63, 3.8) is 0 Å². The Bertz CT molecular complexity index is 1180. The van der Waals surface area contributed by atoms with E-state index in [4.69, 9.17) is 11.6 Å². The Labute approximate surface area is 158 Å². The molecule has 3 heterocycles. The molecule has 2 aromatic heterocycles. The summed E-state index contributed by atoms with van der Waals surface area (Å²) in [5.74, 6) is 0.0558. The van der Waals surface area contributed by atoms with Gasteiger partial charge in [-0.1, -0.05) is 23.7 Å². The van der Waals surface area contributed by atoms with Crippen LogP contribution in [0.2, 0.25) is 5.02 Å². The third-order valence-corrected chi connectivity index (χ3v) is 4.99. The summed E-state index contributed by atoms with van der Waals surface area (Å²) in [6.45, 7) is 0. The second kappa shape index (κ2) is 5.78. The fraction of sp³-hybridized carbons (Fsp3) is 0.0526. The monoisotopic (exact) mass is 379 g/mol. The van der Waals surface area contributed by atoms with Crippen molar-refractivity contribution in [2.75, 3.05) is 5.32 Å². The van der Waals surface area contributed by atoms with Crippen molar-refractivity contribution in [2.24, 2.45) is 0 Å². The summed E-state index contributed by atoms with van der Waals surface area (Å²) >= 11 is 5.97. The zero-order chi connectivity index (χ0) is 18.5. The minimum atomic E-state index is -0.482. The van der Waals surface area contributed by atoms with E-state index in [1.807, 2.05) is 30.3 Å². The molecule has 27 heavy (non-hydrogen) atoms. The van der Waals surface area contributed by atoms with Gasteiger partial charge in [0.1, 0.15) is 0 Å². The molecule has 4 N–H and O–H groups in total. The average Bonchev–Trinajstić information content (AvgIpc) is 3.25. The Kier molecular flexibility index (Phi) is 3.38. The Morgan fingerprint density at radius 3 is 2.78 bits per heavy atom. The number of halogens is 1. The molecule has 0 saturated heterocycles. The number of benzene rings is 2. The number of aromatic hydroxyl groups is 1. The standard InChI is InChI=1S/C19H14ClN5O2/c20-12-3-1-10(2-4-12)17-16-15(22-19(27)23-17)9-25(18(16)26)13-5-6-14-11(7-13)8-21-24-14/h1-9,17,26H,(H,21,24)(H2,22,23,27). The van der Waals surface area contributed by atoms with Gasteiger partial charge in [0, 0.05) is 22.3 Å². The molecule has 8 heteroatoms. The van der Waals surface area contributed by atoms with E-state index in [0.717, 1.165) is 22.2 Å². The van der Waals surface area contributed by atoms with Crippen molar-refractivity contribution in [1.29, 1.82) is 0 Å². The number of nitrogens with zero attached hydrogens (tertiary/aromatic N) is 2. The number of anilines is 1. The van der Waals surface area contributed by atoms with E-state index in [2.05, 4.69) is 20.8 Å². The number of aromatic nitrogens is 3. The van der Waals surface area contributed by atoms with Crippen molar-refractivity contribution in [1.82, 2.24) is 20.1 Å². The van der Waals surface area contributed by atoms with Crippen LogP contribution in [0, 0.1) is 0 Å². The number of carbonyl (C=O) groups excluding carboxylic acids is 1. The number of urea groups is 1. The maximum absolute atomic E-state index is 12.1. The second-order valence-corrected chi connectivity index (χ2v) is 6.81. The molecule has 0 radical (unpaired) electrons. The lowest BCUT2D eigenvalue weighted by Crippen LogP contribution is -2.37. The normalized spacial score (nSPS) is 16.0. The first-order valence-corrected chi connectivity index (χ1v) is 8.68. The highest BCUT2D eigenvalue weighted by molar-refractivity contribution is 6.30. The third kappa shape index (κ3) is 2.51. The molecule has 1 unspecified atom stereocenters. The van der Waals surface area contributed by atoms with Crippen LogP contribution in [0.25, 0.3) is 16.6 Å². The number of carbonyl (C=O) groups is 1. The van der Waals surface area contributed by atoms with E-state index in [1.54, 1.807) is 29.1 Å². The average molecular weight is 380 g/mol. The molecule has 0 bridgehead atoms. The van der Waals surface area contributed by atoms with E-state index >= 15 is 0 Å². The summed E-state index contributed by atoms with van der Waals surface area (Å²) in [4.78, 5) is 12.1. The van der Waals surface area contributed by atoms with Crippen molar-refractivity contribution in [3.8, 4) is 11.6 Å². The van der Waals surface area contributed by atoms with Crippen LogP contribution in [0.1, 0.15) is 17.2 Å². The summed E-state index contributed by atoms with van der Waals surface area (Å²) < 4.78 is 1.65. The van der Waals surface area contributed by atoms with Gasteiger partial charge in [-0.25, -0.2) is 4.79 Å². The van der Waals surface area contributed by atoms with Gasteiger partial charge in [-0.05, 0) is 35.9 Å². The molecule has 5 rings (SSSR count). The van der Waals surface area contributed by atoms with Crippen LogP contribution in [0.4, 0.5) is 10.5 Å². The van der Waals surface area contributed by atoms with Crippen molar-refractivity contribution in [2.45, 2.75) is 6.04 Å². The van der Waals surface area contributed by atoms with Gasteiger partial charge in [0.25, 0.3) is 0 Å². The maximum Gasteiger partial charge on any atom is 0.320 e. The fourth-order valence-corrected chi connectivity index (χ4v) is 3.56. The molecule has 0 spiro atoms. The number of nitrogens with one attached hydrogen (secondary N) is 3. The molecule has 1 aliphatic heterocycles. The first-order valence-electron chi connectivity index (χ1n) is 8.31. The number of fused-ring (bicyclic) bond motifs is 2. The van der Waals surface area contributed by atoms with Gasteiger partial charge in [0.2, 0.25) is 5.88 Å². The van der Waals surface area contributed by atoms with Crippen LogP contribution in [0.3, 0.4) is 0 Å². The summed E-state index contributed by atoms with van der Waals surface area (Å²) in [6, 6.07) is 12.0. The van der Waals surface area contributed by atoms with Crippen molar-refractivity contribution < 1.29 is 9.90 Å². The molecule has 1 atom stereocenters. The smallest absolute Gasteiger partial charge is 0.320 e. The third-order valence-electron chi connectivity index (χ3n) is 4.74. The molecule has 1 aliphatic rings. The molecule has 134 valence electrons.